The van der Waals surface area contributed by atoms with Gasteiger partial charge in [0.2, 0.25) is 0 Å². The number of ether oxygens (including phenoxy) is 1. The average molecular weight is 542 g/mol. The number of rotatable bonds is 18. The highest BCUT2D eigenvalue weighted by Gasteiger charge is 2.17. The SMILES string of the molecule is CCCCCCCCCCCCCCCCn1c(-c2ccc(OC)c(N)c2)nc2ccc(S(C)(=O)=O)cc21. The maximum Gasteiger partial charge on any atom is 0.175 e. The van der Waals surface area contributed by atoms with E-state index in [0.717, 1.165) is 41.8 Å². The molecule has 1 aromatic heterocycles. The molecule has 0 saturated heterocycles. The summed E-state index contributed by atoms with van der Waals surface area (Å²) < 4.78 is 31.9. The number of unbranched alkanes of at least 4 members (excludes halogenated alkanes) is 13. The van der Waals surface area contributed by atoms with Crippen molar-refractivity contribution in [1.82, 2.24) is 9.55 Å². The predicted molar refractivity (Wildman–Crippen MR) is 160 cm³/mol. The smallest absolute Gasteiger partial charge is 0.175 e. The fraction of sp³-hybridized carbons (Fsp3) is 0.581. The lowest BCUT2D eigenvalue weighted by Crippen LogP contribution is -2.03. The zero-order valence-corrected chi connectivity index (χ0v) is 24.5. The molecule has 0 fully saturated rings. The van der Waals surface area contributed by atoms with Crippen molar-refractivity contribution in [3.63, 3.8) is 0 Å². The predicted octanol–water partition coefficient (Wildman–Crippen LogP) is 8.18. The van der Waals surface area contributed by atoms with Crippen LogP contribution in [0.2, 0.25) is 0 Å². The van der Waals surface area contributed by atoms with Gasteiger partial charge in [-0.25, -0.2) is 13.4 Å². The number of nitrogens with two attached hydrogens (primary N) is 1. The van der Waals surface area contributed by atoms with E-state index in [4.69, 9.17) is 15.5 Å². The maximum absolute atomic E-state index is 12.2. The molecule has 0 bridgehead atoms. The minimum atomic E-state index is -3.31. The molecule has 38 heavy (non-hydrogen) atoms. The minimum absolute atomic E-state index is 0.313. The van der Waals surface area contributed by atoms with E-state index in [2.05, 4.69) is 11.5 Å². The van der Waals surface area contributed by atoms with E-state index in [-0.39, 0.29) is 0 Å². The molecule has 0 aliphatic heterocycles. The van der Waals surface area contributed by atoms with E-state index >= 15 is 0 Å². The molecule has 3 rings (SSSR count). The molecule has 0 amide bonds. The number of aromatic nitrogens is 2. The van der Waals surface area contributed by atoms with Crippen LogP contribution in [0.15, 0.2) is 41.3 Å². The van der Waals surface area contributed by atoms with Gasteiger partial charge in [-0.1, -0.05) is 90.4 Å². The number of methoxy groups -OCH3 is 1. The van der Waals surface area contributed by atoms with Gasteiger partial charge in [0.05, 0.1) is 28.7 Å². The first kappa shape index (κ1) is 30.0. The van der Waals surface area contributed by atoms with Crippen LogP contribution < -0.4 is 10.5 Å². The molecule has 6 nitrogen and oxygen atoms in total. The summed E-state index contributed by atoms with van der Waals surface area (Å²) in [5, 5.41) is 0. The highest BCUT2D eigenvalue weighted by Crippen LogP contribution is 2.31. The van der Waals surface area contributed by atoms with Crippen LogP contribution in [0.3, 0.4) is 0 Å². The van der Waals surface area contributed by atoms with Gasteiger partial charge in [-0.15, -0.1) is 0 Å². The van der Waals surface area contributed by atoms with Crippen LogP contribution in [0.4, 0.5) is 5.69 Å². The van der Waals surface area contributed by atoms with Crippen LogP contribution in [-0.2, 0) is 16.4 Å². The molecular weight excluding hydrogens is 494 g/mol. The molecule has 0 unspecified atom stereocenters. The average Bonchev–Trinajstić information content (AvgIpc) is 3.26. The molecule has 7 heteroatoms. The fourth-order valence-corrected chi connectivity index (χ4v) is 5.76. The Labute approximate surface area is 229 Å². The van der Waals surface area contributed by atoms with E-state index in [1.54, 1.807) is 25.3 Å². The number of hydrogen-bond donors (Lipinski definition) is 1. The van der Waals surface area contributed by atoms with Crippen LogP contribution >= 0.6 is 0 Å². The number of nitrogens with zero attached hydrogens (tertiary/aromatic N) is 2. The third-order valence-corrected chi connectivity index (χ3v) is 8.48. The molecule has 0 aliphatic carbocycles. The topological polar surface area (TPSA) is 87.2 Å². The van der Waals surface area contributed by atoms with Gasteiger partial charge >= 0.3 is 0 Å². The quantitative estimate of drug-likeness (QED) is 0.130. The lowest BCUT2D eigenvalue weighted by molar-refractivity contribution is 0.417. The molecule has 1 heterocycles. The number of aryl methyl sites for hydroxylation is 1. The van der Waals surface area contributed by atoms with Gasteiger partial charge in [0.25, 0.3) is 0 Å². The van der Waals surface area contributed by atoms with Crippen LogP contribution in [0, 0.1) is 0 Å². The Kier molecular flexibility index (Phi) is 12.0. The van der Waals surface area contributed by atoms with Crippen molar-refractivity contribution < 1.29 is 13.2 Å². The molecule has 210 valence electrons. The number of benzene rings is 2. The Morgan fingerprint density at radius 1 is 0.816 bits per heavy atom. The minimum Gasteiger partial charge on any atom is -0.495 e. The molecule has 2 N–H and O–H groups in total. The highest BCUT2D eigenvalue weighted by molar-refractivity contribution is 7.90. The summed E-state index contributed by atoms with van der Waals surface area (Å²) >= 11 is 0. The molecule has 0 saturated carbocycles. The monoisotopic (exact) mass is 541 g/mol. The van der Waals surface area contributed by atoms with Crippen LogP contribution in [0.25, 0.3) is 22.4 Å². The highest BCUT2D eigenvalue weighted by atomic mass is 32.2. The van der Waals surface area contributed by atoms with Gasteiger partial charge in [-0.2, -0.15) is 0 Å². The standard InChI is InChI=1S/C31H47N3O3S/c1-4-5-6-7-8-9-10-11-12-13-14-15-16-17-22-34-29-24-26(38(3,35)36)19-20-28(29)33-31(34)25-18-21-30(37-2)27(32)23-25/h18-21,23-24H,4-17,22,32H2,1-3H3. The maximum atomic E-state index is 12.2. The van der Waals surface area contributed by atoms with Crippen molar-refractivity contribution >= 4 is 26.6 Å². The van der Waals surface area contributed by atoms with E-state index in [0.29, 0.717) is 16.3 Å². The van der Waals surface area contributed by atoms with Crippen molar-refractivity contribution in [2.45, 2.75) is 108 Å². The van der Waals surface area contributed by atoms with E-state index in [1.165, 1.54) is 83.3 Å². The van der Waals surface area contributed by atoms with Gasteiger partial charge in [0.15, 0.2) is 9.84 Å². The van der Waals surface area contributed by atoms with Gasteiger partial charge in [0.1, 0.15) is 11.6 Å². The molecular formula is C31H47N3O3S. The Morgan fingerprint density at radius 3 is 1.92 bits per heavy atom. The summed E-state index contributed by atoms with van der Waals surface area (Å²) in [6, 6.07) is 10.9. The summed E-state index contributed by atoms with van der Waals surface area (Å²) in [7, 11) is -1.71. The van der Waals surface area contributed by atoms with E-state index < -0.39 is 9.84 Å². The van der Waals surface area contributed by atoms with Crippen molar-refractivity contribution in [2.75, 3.05) is 19.1 Å². The number of anilines is 1. The normalized spacial score (nSPS) is 11.9. The molecule has 0 radical (unpaired) electrons. The Balaban J connectivity index is 1.55. The summed E-state index contributed by atoms with van der Waals surface area (Å²) in [5.74, 6) is 1.43. The molecule has 3 aromatic rings. The molecule has 2 aromatic carbocycles. The van der Waals surface area contributed by atoms with Crippen LogP contribution in [0.1, 0.15) is 96.8 Å². The number of fused-ring (bicyclic) bond motifs is 1. The zero-order chi connectivity index (χ0) is 27.4. The van der Waals surface area contributed by atoms with E-state index in [1.807, 2.05) is 18.2 Å². The second kappa shape index (κ2) is 15.2. The summed E-state index contributed by atoms with van der Waals surface area (Å²) in [6.07, 6.45) is 19.6. The first-order chi connectivity index (χ1) is 18.3. The molecule has 0 atom stereocenters. The molecule has 0 aliphatic rings. The number of sulfone groups is 1. The first-order valence-electron chi connectivity index (χ1n) is 14.5. The zero-order valence-electron chi connectivity index (χ0n) is 23.7. The summed E-state index contributed by atoms with van der Waals surface area (Å²) in [5.41, 5.74) is 9.26. The van der Waals surface area contributed by atoms with Crippen molar-refractivity contribution in [3.05, 3.63) is 36.4 Å². The van der Waals surface area contributed by atoms with Crippen LogP contribution in [0.5, 0.6) is 5.75 Å². The second-order valence-electron chi connectivity index (χ2n) is 10.6. The van der Waals surface area contributed by atoms with Gasteiger partial charge in [0, 0.05) is 18.4 Å². The van der Waals surface area contributed by atoms with Gasteiger partial charge in [-0.05, 0) is 42.8 Å². The largest absolute Gasteiger partial charge is 0.495 e. The summed E-state index contributed by atoms with van der Waals surface area (Å²) in [6.45, 7) is 3.05. The Morgan fingerprint density at radius 2 is 1.39 bits per heavy atom. The van der Waals surface area contributed by atoms with Crippen LogP contribution in [-0.4, -0.2) is 31.3 Å². The van der Waals surface area contributed by atoms with Gasteiger partial charge in [-0.3, -0.25) is 0 Å². The lowest BCUT2D eigenvalue weighted by Gasteiger charge is -2.12. The Hall–Kier alpha value is -2.54. The second-order valence-corrected chi connectivity index (χ2v) is 12.6. The molecule has 0 spiro atoms. The lowest BCUT2D eigenvalue weighted by atomic mass is 10.0. The first-order valence-corrected chi connectivity index (χ1v) is 16.4. The van der Waals surface area contributed by atoms with Crippen molar-refractivity contribution in [1.29, 1.82) is 0 Å². The number of imidazole rings is 1. The fourth-order valence-electron chi connectivity index (χ4n) is 5.12. The number of nitrogen functional groups attached to an aromatic ring is 1. The third-order valence-electron chi connectivity index (χ3n) is 7.37. The van der Waals surface area contributed by atoms with Gasteiger partial charge < -0.3 is 15.0 Å². The summed E-state index contributed by atoms with van der Waals surface area (Å²) in [4.78, 5) is 5.17. The van der Waals surface area contributed by atoms with E-state index in [9.17, 15) is 8.42 Å². The third kappa shape index (κ3) is 8.75. The number of hydrogen-bond acceptors (Lipinski definition) is 5. The Bertz CT molecular complexity index is 1250. The van der Waals surface area contributed by atoms with Crippen molar-refractivity contribution in [2.24, 2.45) is 0 Å². The van der Waals surface area contributed by atoms with Crippen molar-refractivity contribution in [3.8, 4) is 17.1 Å².